The summed E-state index contributed by atoms with van der Waals surface area (Å²) in [6.07, 6.45) is -0.842. The molecule has 3 rings (SSSR count). The maximum Gasteiger partial charge on any atom is 0.416 e. The van der Waals surface area contributed by atoms with Crippen LogP contribution in [0.3, 0.4) is 0 Å². The Labute approximate surface area is 132 Å². The molecule has 0 unspecified atom stereocenters. The zero-order valence-corrected chi connectivity index (χ0v) is 12.9. The van der Waals surface area contributed by atoms with Crippen molar-refractivity contribution in [1.29, 1.82) is 0 Å². The van der Waals surface area contributed by atoms with E-state index >= 15 is 0 Å². The zero-order valence-electron chi connectivity index (χ0n) is 12.9. The SMILES string of the molecule is CC1(C(=O)N2CCC(c3cnccc3C(F)(F)F)CC2)COC1. The molecule has 2 fully saturated rings. The molecule has 23 heavy (non-hydrogen) atoms. The molecule has 0 spiro atoms. The number of nitrogens with zero attached hydrogens (tertiary/aromatic N) is 2. The number of hydrogen-bond donors (Lipinski definition) is 0. The lowest BCUT2D eigenvalue weighted by Crippen LogP contribution is -2.54. The monoisotopic (exact) mass is 328 g/mol. The van der Waals surface area contributed by atoms with Crippen LogP contribution in [0.15, 0.2) is 18.5 Å². The van der Waals surface area contributed by atoms with Crippen molar-refractivity contribution < 1.29 is 22.7 Å². The molecule has 4 nitrogen and oxygen atoms in total. The number of carbonyl (C=O) groups excluding carboxylic acids is 1. The van der Waals surface area contributed by atoms with E-state index in [1.54, 1.807) is 4.90 Å². The van der Waals surface area contributed by atoms with Crippen LogP contribution in [0, 0.1) is 5.41 Å². The molecule has 7 heteroatoms. The fourth-order valence-electron chi connectivity index (χ4n) is 3.30. The van der Waals surface area contributed by atoms with Crippen molar-refractivity contribution in [2.24, 2.45) is 5.41 Å². The van der Waals surface area contributed by atoms with Gasteiger partial charge in [-0.05, 0) is 37.3 Å². The number of ether oxygens (including phenoxy) is 1. The predicted molar refractivity (Wildman–Crippen MR) is 76.7 cm³/mol. The largest absolute Gasteiger partial charge is 0.416 e. The van der Waals surface area contributed by atoms with Crippen LogP contribution in [-0.4, -0.2) is 42.1 Å². The number of halogens is 3. The number of alkyl halides is 3. The summed E-state index contributed by atoms with van der Waals surface area (Å²) in [6, 6.07) is 1.03. The number of rotatable bonds is 2. The molecule has 1 aromatic heterocycles. The average Bonchev–Trinajstić information content (AvgIpc) is 2.51. The van der Waals surface area contributed by atoms with E-state index < -0.39 is 17.2 Å². The van der Waals surface area contributed by atoms with Crippen LogP contribution < -0.4 is 0 Å². The third-order valence-corrected chi connectivity index (χ3v) is 4.74. The molecule has 3 heterocycles. The Morgan fingerprint density at radius 2 is 2.00 bits per heavy atom. The van der Waals surface area contributed by atoms with E-state index in [1.165, 1.54) is 12.4 Å². The van der Waals surface area contributed by atoms with Gasteiger partial charge in [-0.2, -0.15) is 13.2 Å². The van der Waals surface area contributed by atoms with Crippen LogP contribution in [0.5, 0.6) is 0 Å². The van der Waals surface area contributed by atoms with Crippen LogP contribution >= 0.6 is 0 Å². The van der Waals surface area contributed by atoms with Crippen molar-refractivity contribution in [2.45, 2.75) is 31.9 Å². The molecule has 0 aromatic carbocycles. The molecule has 0 atom stereocenters. The van der Waals surface area contributed by atoms with Gasteiger partial charge in [0.15, 0.2) is 0 Å². The molecule has 1 amide bonds. The second kappa shape index (κ2) is 5.78. The van der Waals surface area contributed by atoms with Crippen molar-refractivity contribution in [3.05, 3.63) is 29.6 Å². The predicted octanol–water partition coefficient (Wildman–Crippen LogP) is 2.84. The van der Waals surface area contributed by atoms with Crippen molar-refractivity contribution >= 4 is 5.91 Å². The van der Waals surface area contributed by atoms with E-state index in [0.29, 0.717) is 39.1 Å². The molecule has 0 bridgehead atoms. The van der Waals surface area contributed by atoms with Crippen molar-refractivity contribution in [1.82, 2.24) is 9.88 Å². The lowest BCUT2D eigenvalue weighted by molar-refractivity contribution is -0.169. The first-order valence-corrected chi connectivity index (χ1v) is 7.69. The number of likely N-dealkylation sites (tertiary alicyclic amines) is 1. The Hall–Kier alpha value is -1.63. The summed E-state index contributed by atoms with van der Waals surface area (Å²) < 4.78 is 44.4. The first-order chi connectivity index (χ1) is 10.8. The minimum Gasteiger partial charge on any atom is -0.379 e. The van der Waals surface area contributed by atoms with Crippen molar-refractivity contribution in [3.8, 4) is 0 Å². The molecular formula is C16H19F3N2O2. The van der Waals surface area contributed by atoms with E-state index in [-0.39, 0.29) is 17.4 Å². The summed E-state index contributed by atoms with van der Waals surface area (Å²) in [5, 5.41) is 0. The summed E-state index contributed by atoms with van der Waals surface area (Å²) in [5.41, 5.74) is -0.833. The topological polar surface area (TPSA) is 42.4 Å². The third kappa shape index (κ3) is 3.06. The highest BCUT2D eigenvalue weighted by molar-refractivity contribution is 5.83. The third-order valence-electron chi connectivity index (χ3n) is 4.74. The lowest BCUT2D eigenvalue weighted by Gasteiger charge is -2.42. The van der Waals surface area contributed by atoms with Crippen LogP contribution in [0.4, 0.5) is 13.2 Å². The maximum absolute atomic E-state index is 13.1. The lowest BCUT2D eigenvalue weighted by atomic mass is 9.83. The fraction of sp³-hybridized carbons (Fsp3) is 0.625. The Morgan fingerprint density at radius 1 is 1.35 bits per heavy atom. The van der Waals surface area contributed by atoms with Crippen molar-refractivity contribution in [2.75, 3.05) is 26.3 Å². The first-order valence-electron chi connectivity index (χ1n) is 7.69. The van der Waals surface area contributed by atoms with Crippen molar-refractivity contribution in [3.63, 3.8) is 0 Å². The molecular weight excluding hydrogens is 309 g/mol. The fourth-order valence-corrected chi connectivity index (χ4v) is 3.30. The molecule has 0 N–H and O–H groups in total. The number of hydrogen-bond acceptors (Lipinski definition) is 3. The van der Waals surface area contributed by atoms with Crippen LogP contribution in [0.1, 0.15) is 36.8 Å². The summed E-state index contributed by atoms with van der Waals surface area (Å²) in [6.45, 7) is 3.67. The van der Waals surface area contributed by atoms with E-state index in [2.05, 4.69) is 4.98 Å². The minimum absolute atomic E-state index is 0.0458. The standard InChI is InChI=1S/C16H19F3N2O2/c1-15(9-23-10-15)14(22)21-6-3-11(4-7-21)12-8-20-5-2-13(12)16(17,18)19/h2,5,8,11H,3-4,6-7,9-10H2,1H3. The van der Waals surface area contributed by atoms with E-state index in [0.717, 1.165) is 6.07 Å². The highest BCUT2D eigenvalue weighted by Gasteiger charge is 2.44. The molecule has 2 aliphatic rings. The van der Waals surface area contributed by atoms with Crippen LogP contribution in [0.25, 0.3) is 0 Å². The number of amides is 1. The Balaban J connectivity index is 1.69. The maximum atomic E-state index is 13.1. The highest BCUT2D eigenvalue weighted by atomic mass is 19.4. The molecule has 1 aromatic rings. The second-order valence-corrected chi connectivity index (χ2v) is 6.58. The number of carbonyl (C=O) groups is 1. The molecule has 126 valence electrons. The van der Waals surface area contributed by atoms with Crippen LogP contribution in [-0.2, 0) is 15.7 Å². The molecule has 2 saturated heterocycles. The summed E-state index contributed by atoms with van der Waals surface area (Å²) >= 11 is 0. The van der Waals surface area contributed by atoms with Gasteiger partial charge in [0.25, 0.3) is 0 Å². The quantitative estimate of drug-likeness (QED) is 0.838. The number of pyridine rings is 1. The minimum atomic E-state index is -4.37. The van der Waals surface area contributed by atoms with Gasteiger partial charge in [-0.15, -0.1) is 0 Å². The van der Waals surface area contributed by atoms with Gasteiger partial charge in [0.1, 0.15) is 0 Å². The van der Waals surface area contributed by atoms with Gasteiger partial charge in [0.2, 0.25) is 5.91 Å². The molecule has 0 radical (unpaired) electrons. The highest BCUT2D eigenvalue weighted by Crippen LogP contribution is 2.39. The summed E-state index contributed by atoms with van der Waals surface area (Å²) in [4.78, 5) is 18.0. The van der Waals surface area contributed by atoms with Gasteiger partial charge < -0.3 is 9.64 Å². The van der Waals surface area contributed by atoms with E-state index in [4.69, 9.17) is 4.74 Å². The van der Waals surface area contributed by atoms with Crippen LogP contribution in [0.2, 0.25) is 0 Å². The average molecular weight is 328 g/mol. The summed E-state index contributed by atoms with van der Waals surface area (Å²) in [5.74, 6) is -0.167. The Morgan fingerprint density at radius 3 is 2.52 bits per heavy atom. The Kier molecular flexibility index (Phi) is 4.08. The molecule has 0 saturated carbocycles. The van der Waals surface area contributed by atoms with Gasteiger partial charge in [-0.25, -0.2) is 0 Å². The van der Waals surface area contributed by atoms with Gasteiger partial charge in [-0.3, -0.25) is 9.78 Å². The molecule has 2 aliphatic heterocycles. The normalized spacial score (nSPS) is 21.8. The van der Waals surface area contributed by atoms with Gasteiger partial charge >= 0.3 is 6.18 Å². The van der Waals surface area contributed by atoms with Gasteiger partial charge in [0, 0.05) is 25.5 Å². The van der Waals surface area contributed by atoms with Gasteiger partial charge in [0.05, 0.1) is 24.2 Å². The van der Waals surface area contributed by atoms with E-state index in [9.17, 15) is 18.0 Å². The Bertz CT molecular complexity index is 591. The van der Waals surface area contributed by atoms with Gasteiger partial charge in [-0.1, -0.05) is 0 Å². The smallest absolute Gasteiger partial charge is 0.379 e. The van der Waals surface area contributed by atoms with E-state index in [1.807, 2.05) is 6.92 Å². The zero-order chi connectivity index (χ0) is 16.7. The summed E-state index contributed by atoms with van der Waals surface area (Å²) in [7, 11) is 0. The number of piperidine rings is 1. The second-order valence-electron chi connectivity index (χ2n) is 6.58. The molecule has 0 aliphatic carbocycles. The number of aromatic nitrogens is 1. The first kappa shape index (κ1) is 16.2.